The molecule has 3 aromatic heterocycles. The zero-order chi connectivity index (χ0) is 31.1. The summed E-state index contributed by atoms with van der Waals surface area (Å²) in [5.74, 6) is 0. The molecular formula is C43H24N2OS. The van der Waals surface area contributed by atoms with Gasteiger partial charge in [-0.15, -0.1) is 11.3 Å². The molecule has 0 N–H and O–H groups in total. The fourth-order valence-electron chi connectivity index (χ4n) is 7.40. The van der Waals surface area contributed by atoms with Crippen LogP contribution in [0.5, 0.6) is 0 Å². The highest BCUT2D eigenvalue weighted by molar-refractivity contribution is 7.25. The van der Waals surface area contributed by atoms with Crippen LogP contribution in [-0.2, 0) is 0 Å². The zero-order valence-electron chi connectivity index (χ0n) is 25.1. The molecule has 0 fully saturated rings. The second kappa shape index (κ2) is 9.92. The normalized spacial score (nSPS) is 11.8. The van der Waals surface area contributed by atoms with Gasteiger partial charge in [-0.2, -0.15) is 0 Å². The third kappa shape index (κ3) is 3.72. The number of rotatable bonds is 3. The molecule has 3 heterocycles. The van der Waals surface area contributed by atoms with Gasteiger partial charge in [-0.1, -0.05) is 109 Å². The highest BCUT2D eigenvalue weighted by Gasteiger charge is 2.22. The molecule has 0 aliphatic carbocycles. The number of furan rings is 1. The number of fused-ring (bicyclic) bond motifs is 9. The first kappa shape index (κ1) is 26.1. The Bertz CT molecular complexity index is 2920. The molecule has 0 bridgehead atoms. The van der Waals surface area contributed by atoms with Crippen LogP contribution < -0.4 is 0 Å². The van der Waals surface area contributed by atoms with Gasteiger partial charge in [0.15, 0.2) is 5.58 Å². The summed E-state index contributed by atoms with van der Waals surface area (Å²) in [7, 11) is 0. The predicted molar refractivity (Wildman–Crippen MR) is 198 cm³/mol. The van der Waals surface area contributed by atoms with Crippen LogP contribution in [0.4, 0.5) is 5.69 Å². The van der Waals surface area contributed by atoms with Gasteiger partial charge in [0.05, 0.1) is 23.3 Å². The Hall–Kier alpha value is -6.15. The van der Waals surface area contributed by atoms with E-state index in [2.05, 4.69) is 149 Å². The molecule has 0 atom stereocenters. The van der Waals surface area contributed by atoms with E-state index >= 15 is 0 Å². The van der Waals surface area contributed by atoms with Gasteiger partial charge in [0.2, 0.25) is 5.69 Å². The standard InChI is InChI=1S/C43H24N2OS/c1-44-34-23-22-30(29-15-10-20-39-40(29)31-14-6-8-19-38(31)47-39)41-32-16-9-18-37(42(32)46-43(34)41)45-35-17-7-5-13-28(35)33-25-27(21-24-36(33)45)26-11-3-2-4-12-26/h2-25H. The lowest BCUT2D eigenvalue weighted by Crippen LogP contribution is -1.94. The van der Waals surface area contributed by atoms with Gasteiger partial charge in [-0.05, 0) is 58.7 Å². The van der Waals surface area contributed by atoms with Gasteiger partial charge < -0.3 is 8.98 Å². The van der Waals surface area contributed by atoms with Gasteiger partial charge in [-0.25, -0.2) is 4.85 Å². The highest BCUT2D eigenvalue weighted by atomic mass is 32.1. The molecular weight excluding hydrogens is 593 g/mol. The molecule has 10 aromatic rings. The third-order valence-electron chi connectivity index (χ3n) is 9.44. The lowest BCUT2D eigenvalue weighted by Gasteiger charge is -2.10. The molecule has 0 aliphatic heterocycles. The maximum atomic E-state index is 8.05. The summed E-state index contributed by atoms with van der Waals surface area (Å²) >= 11 is 1.82. The van der Waals surface area contributed by atoms with Gasteiger partial charge in [0.1, 0.15) is 5.58 Å². The van der Waals surface area contributed by atoms with Crippen molar-refractivity contribution in [3.8, 4) is 27.9 Å². The van der Waals surface area contributed by atoms with Crippen molar-refractivity contribution in [1.29, 1.82) is 0 Å². The van der Waals surface area contributed by atoms with Crippen LogP contribution in [0.15, 0.2) is 150 Å². The number of para-hydroxylation sites is 2. The lowest BCUT2D eigenvalue weighted by atomic mass is 9.95. The van der Waals surface area contributed by atoms with Crippen LogP contribution in [0, 0.1) is 6.57 Å². The van der Waals surface area contributed by atoms with Gasteiger partial charge in [0.25, 0.3) is 0 Å². The predicted octanol–water partition coefficient (Wildman–Crippen LogP) is 12.9. The van der Waals surface area contributed by atoms with E-state index in [1.54, 1.807) is 0 Å². The zero-order valence-corrected chi connectivity index (χ0v) is 25.9. The summed E-state index contributed by atoms with van der Waals surface area (Å²) in [5, 5.41) is 6.85. The minimum absolute atomic E-state index is 0.517. The number of thiophene rings is 1. The van der Waals surface area contributed by atoms with E-state index in [4.69, 9.17) is 11.0 Å². The first-order valence-corrected chi connectivity index (χ1v) is 16.5. The summed E-state index contributed by atoms with van der Waals surface area (Å²) in [6, 6.07) is 51.3. The van der Waals surface area contributed by atoms with Gasteiger partial charge >= 0.3 is 0 Å². The summed E-state index contributed by atoms with van der Waals surface area (Å²) < 4.78 is 11.7. The van der Waals surface area contributed by atoms with E-state index in [-0.39, 0.29) is 0 Å². The average Bonchev–Trinajstić information content (AvgIpc) is 3.81. The maximum absolute atomic E-state index is 8.05. The van der Waals surface area contributed by atoms with Crippen molar-refractivity contribution >= 4 is 80.9 Å². The molecule has 4 heteroatoms. The molecule has 0 amide bonds. The SMILES string of the molecule is [C-]#[N+]c1ccc(-c2cccc3sc4ccccc4c23)c2c1oc1c(-n3c4ccccc4c4cc(-c5ccccc5)ccc43)cccc12. The molecule has 3 nitrogen and oxygen atoms in total. The first-order valence-electron chi connectivity index (χ1n) is 15.6. The number of hydrogen-bond acceptors (Lipinski definition) is 2. The monoisotopic (exact) mass is 616 g/mol. The van der Waals surface area contributed by atoms with Crippen molar-refractivity contribution in [2.24, 2.45) is 0 Å². The average molecular weight is 617 g/mol. The third-order valence-corrected chi connectivity index (χ3v) is 10.6. The number of aromatic nitrogens is 1. The van der Waals surface area contributed by atoms with E-state index < -0.39 is 0 Å². The number of nitrogens with zero attached hydrogens (tertiary/aromatic N) is 2. The molecule has 0 radical (unpaired) electrons. The first-order chi connectivity index (χ1) is 23.3. The van der Waals surface area contributed by atoms with Crippen molar-refractivity contribution < 1.29 is 4.42 Å². The molecule has 0 spiro atoms. The molecule has 47 heavy (non-hydrogen) atoms. The van der Waals surface area contributed by atoms with Crippen LogP contribution in [-0.4, -0.2) is 4.57 Å². The van der Waals surface area contributed by atoms with Crippen molar-refractivity contribution in [2.45, 2.75) is 0 Å². The molecule has 7 aromatic carbocycles. The summed E-state index contributed by atoms with van der Waals surface area (Å²) in [4.78, 5) is 3.91. The van der Waals surface area contributed by atoms with E-state index in [1.165, 1.54) is 42.1 Å². The van der Waals surface area contributed by atoms with Crippen LogP contribution in [0.25, 0.3) is 96.7 Å². The van der Waals surface area contributed by atoms with Crippen LogP contribution in [0.3, 0.4) is 0 Å². The topological polar surface area (TPSA) is 22.4 Å². The molecule has 0 aliphatic rings. The molecule has 10 rings (SSSR count). The van der Waals surface area contributed by atoms with E-state index in [1.807, 2.05) is 17.4 Å². The smallest absolute Gasteiger partial charge is 0.229 e. The number of hydrogen-bond donors (Lipinski definition) is 0. The molecule has 0 saturated carbocycles. The largest absolute Gasteiger partial charge is 0.465 e. The Morgan fingerprint density at radius 1 is 0.511 bits per heavy atom. The van der Waals surface area contributed by atoms with Crippen LogP contribution in [0.2, 0.25) is 0 Å². The molecule has 0 unspecified atom stereocenters. The Morgan fingerprint density at radius 3 is 2.13 bits per heavy atom. The van der Waals surface area contributed by atoms with Crippen molar-refractivity contribution in [1.82, 2.24) is 4.57 Å². The van der Waals surface area contributed by atoms with E-state index in [9.17, 15) is 0 Å². The van der Waals surface area contributed by atoms with E-state index in [0.29, 0.717) is 11.3 Å². The highest BCUT2D eigenvalue weighted by Crippen LogP contribution is 2.47. The Labute approximate surface area is 274 Å². The second-order valence-corrected chi connectivity index (χ2v) is 13.0. The number of benzene rings is 7. The van der Waals surface area contributed by atoms with Crippen LogP contribution >= 0.6 is 11.3 Å². The van der Waals surface area contributed by atoms with Crippen molar-refractivity contribution in [3.05, 3.63) is 157 Å². The Kier molecular flexibility index (Phi) is 5.51. The summed E-state index contributed by atoms with van der Waals surface area (Å²) in [6.45, 7) is 8.05. The van der Waals surface area contributed by atoms with Crippen LogP contribution in [0.1, 0.15) is 0 Å². The molecule has 0 saturated heterocycles. The van der Waals surface area contributed by atoms with Crippen molar-refractivity contribution in [2.75, 3.05) is 0 Å². The minimum Gasteiger partial charge on any atom is -0.465 e. The minimum atomic E-state index is 0.517. The Morgan fingerprint density at radius 2 is 1.23 bits per heavy atom. The maximum Gasteiger partial charge on any atom is 0.229 e. The second-order valence-electron chi connectivity index (χ2n) is 11.9. The fourth-order valence-corrected chi connectivity index (χ4v) is 8.54. The fraction of sp³-hybridized carbons (Fsp3) is 0. The quantitative estimate of drug-likeness (QED) is 0.181. The van der Waals surface area contributed by atoms with Crippen molar-refractivity contribution in [3.63, 3.8) is 0 Å². The van der Waals surface area contributed by atoms with Gasteiger partial charge in [-0.3, -0.25) is 0 Å². The summed E-state index contributed by atoms with van der Waals surface area (Å²) in [6.07, 6.45) is 0. The van der Waals surface area contributed by atoms with E-state index in [0.717, 1.165) is 44.2 Å². The van der Waals surface area contributed by atoms with Gasteiger partial charge in [0, 0.05) is 41.7 Å². The molecule has 218 valence electrons. The lowest BCUT2D eigenvalue weighted by molar-refractivity contribution is 0.668. The summed E-state index contributed by atoms with van der Waals surface area (Å²) in [5.41, 5.74) is 9.71. The Balaban J connectivity index is 1.29.